The summed E-state index contributed by atoms with van der Waals surface area (Å²) in [6, 6.07) is 21.4. The number of amides is 1. The topological polar surface area (TPSA) is 107 Å². The molecule has 0 aliphatic carbocycles. The van der Waals surface area contributed by atoms with E-state index >= 15 is 0 Å². The maximum atomic E-state index is 13.1. The van der Waals surface area contributed by atoms with Crippen LogP contribution in [0.4, 0.5) is 11.5 Å². The normalized spacial score (nSPS) is 11.5. The van der Waals surface area contributed by atoms with E-state index in [2.05, 4.69) is 10.4 Å². The van der Waals surface area contributed by atoms with E-state index in [1.165, 1.54) is 16.8 Å². The lowest BCUT2D eigenvalue weighted by Gasteiger charge is -2.10. The number of anilines is 2. The molecule has 0 radical (unpaired) electrons. The predicted molar refractivity (Wildman–Crippen MR) is 123 cm³/mol. The van der Waals surface area contributed by atoms with Crippen LogP contribution >= 0.6 is 11.8 Å². The number of benzene rings is 3. The van der Waals surface area contributed by atoms with Gasteiger partial charge in [0.05, 0.1) is 4.90 Å². The van der Waals surface area contributed by atoms with Crippen LogP contribution in [0.1, 0.15) is 0 Å². The molecule has 0 saturated carbocycles. The number of nitrogens with two attached hydrogens (primary N) is 1. The lowest BCUT2D eigenvalue weighted by Crippen LogP contribution is -2.21. The lowest BCUT2D eigenvalue weighted by atomic mass is 10.1. The second-order valence-electron chi connectivity index (χ2n) is 6.77. The third-order valence-corrected chi connectivity index (χ3v) is 7.42. The number of nitrogens with one attached hydrogen (secondary N) is 1. The summed E-state index contributed by atoms with van der Waals surface area (Å²) in [5.74, 6) is -0.428. The average Bonchev–Trinajstić information content (AvgIpc) is 3.10. The van der Waals surface area contributed by atoms with Crippen molar-refractivity contribution in [3.63, 3.8) is 0 Å². The first-order chi connectivity index (χ1) is 14.9. The van der Waals surface area contributed by atoms with Gasteiger partial charge in [-0.1, -0.05) is 54.6 Å². The Labute approximate surface area is 184 Å². The third kappa shape index (κ3) is 4.01. The highest BCUT2D eigenvalue weighted by molar-refractivity contribution is 7.99. The summed E-state index contributed by atoms with van der Waals surface area (Å²) < 4.78 is 27.5. The number of hydrogen-bond donors (Lipinski definition) is 2. The molecule has 1 amide bonds. The molecule has 0 unspecified atom stereocenters. The fraction of sp³-hybridized carbons (Fsp3) is 0.0909. The molecular weight excluding hydrogens is 432 g/mol. The summed E-state index contributed by atoms with van der Waals surface area (Å²) in [5, 5.41) is 9.30. The summed E-state index contributed by atoms with van der Waals surface area (Å²) in [6.07, 6.45) is 1.71. The Kier molecular flexibility index (Phi) is 5.71. The van der Waals surface area contributed by atoms with Crippen molar-refractivity contribution in [2.75, 3.05) is 17.3 Å². The molecule has 0 atom stereocenters. The molecule has 1 heterocycles. The fourth-order valence-electron chi connectivity index (χ4n) is 3.32. The molecule has 0 bridgehead atoms. The molecule has 0 fully saturated rings. The van der Waals surface area contributed by atoms with Gasteiger partial charge in [-0.05, 0) is 29.8 Å². The first-order valence-corrected chi connectivity index (χ1v) is 12.1. The van der Waals surface area contributed by atoms with Gasteiger partial charge in [-0.25, -0.2) is 13.1 Å². The van der Waals surface area contributed by atoms with Crippen molar-refractivity contribution >= 4 is 49.8 Å². The number of fused-ring (bicyclic) bond motifs is 1. The van der Waals surface area contributed by atoms with Crippen molar-refractivity contribution in [1.82, 2.24) is 9.78 Å². The van der Waals surface area contributed by atoms with Crippen LogP contribution in [0.5, 0.6) is 0 Å². The monoisotopic (exact) mass is 452 g/mol. The van der Waals surface area contributed by atoms with Gasteiger partial charge in [-0.3, -0.25) is 4.79 Å². The first kappa shape index (κ1) is 21.0. The molecule has 7 nitrogen and oxygen atoms in total. The van der Waals surface area contributed by atoms with Crippen molar-refractivity contribution in [3.8, 4) is 0 Å². The summed E-state index contributed by atoms with van der Waals surface area (Å²) in [4.78, 5) is 12.8. The van der Waals surface area contributed by atoms with Crippen LogP contribution in [0.25, 0.3) is 10.8 Å². The van der Waals surface area contributed by atoms with Gasteiger partial charge in [0.2, 0.25) is 15.7 Å². The number of carbonyl (C=O) groups excluding carboxylic acids is 1. The minimum absolute atomic E-state index is 0.0683. The second kappa shape index (κ2) is 8.44. The molecular formula is C22H20N4O3S2. The molecule has 4 rings (SSSR count). The van der Waals surface area contributed by atoms with Crippen LogP contribution in [-0.2, 0) is 21.2 Å². The third-order valence-electron chi connectivity index (χ3n) is 4.79. The van der Waals surface area contributed by atoms with E-state index in [1.807, 2.05) is 42.5 Å². The molecule has 31 heavy (non-hydrogen) atoms. The predicted octanol–water partition coefficient (Wildman–Crippen LogP) is 3.81. The Bertz CT molecular complexity index is 1360. The molecule has 0 aliphatic heterocycles. The van der Waals surface area contributed by atoms with E-state index in [0.29, 0.717) is 5.69 Å². The highest BCUT2D eigenvalue weighted by atomic mass is 32.2. The Balaban J connectivity index is 1.64. The van der Waals surface area contributed by atoms with E-state index in [-0.39, 0.29) is 33.1 Å². The van der Waals surface area contributed by atoms with E-state index in [1.54, 1.807) is 24.5 Å². The molecule has 3 N–H and O–H groups in total. The standard InChI is InChI=1S/C22H20N4O3S2/c1-30-22-20(31(28,29)16-10-3-2-4-11-16)21(23)26(25-22)14-19(27)24-18-13-7-9-15-8-5-6-12-17(15)18/h2-13H,14,23H2,1H3,(H,24,27). The van der Waals surface area contributed by atoms with Crippen molar-refractivity contribution in [2.24, 2.45) is 0 Å². The zero-order valence-corrected chi connectivity index (χ0v) is 18.3. The van der Waals surface area contributed by atoms with Gasteiger partial charge in [0, 0.05) is 11.1 Å². The second-order valence-corrected chi connectivity index (χ2v) is 9.45. The van der Waals surface area contributed by atoms with Crippen molar-refractivity contribution in [2.45, 2.75) is 21.4 Å². The minimum Gasteiger partial charge on any atom is -0.383 e. The Morgan fingerprint density at radius 3 is 2.45 bits per heavy atom. The average molecular weight is 453 g/mol. The van der Waals surface area contributed by atoms with E-state index < -0.39 is 9.84 Å². The minimum atomic E-state index is -3.88. The Hall–Kier alpha value is -3.30. The van der Waals surface area contributed by atoms with E-state index in [0.717, 1.165) is 22.5 Å². The molecule has 0 saturated heterocycles. The number of aromatic nitrogens is 2. The molecule has 0 aliphatic rings. The quantitative estimate of drug-likeness (QED) is 0.431. The van der Waals surface area contributed by atoms with Crippen LogP contribution < -0.4 is 11.1 Å². The van der Waals surface area contributed by atoms with E-state index in [9.17, 15) is 13.2 Å². The van der Waals surface area contributed by atoms with Crippen molar-refractivity contribution in [1.29, 1.82) is 0 Å². The highest BCUT2D eigenvalue weighted by Crippen LogP contribution is 2.34. The molecule has 158 valence electrons. The van der Waals surface area contributed by atoms with Crippen LogP contribution in [0.2, 0.25) is 0 Å². The molecule has 9 heteroatoms. The van der Waals surface area contributed by atoms with Crippen molar-refractivity contribution in [3.05, 3.63) is 72.8 Å². The molecule has 3 aromatic carbocycles. The van der Waals surface area contributed by atoms with Crippen LogP contribution in [0, 0.1) is 0 Å². The van der Waals surface area contributed by atoms with E-state index in [4.69, 9.17) is 5.73 Å². The lowest BCUT2D eigenvalue weighted by molar-refractivity contribution is -0.116. The highest BCUT2D eigenvalue weighted by Gasteiger charge is 2.29. The molecule has 1 aromatic heterocycles. The summed E-state index contributed by atoms with van der Waals surface area (Å²) in [7, 11) is -3.88. The number of nitrogens with zero attached hydrogens (tertiary/aromatic N) is 2. The van der Waals surface area contributed by atoms with Crippen LogP contribution in [0.3, 0.4) is 0 Å². The first-order valence-electron chi connectivity index (χ1n) is 9.40. The number of carbonyl (C=O) groups is 1. The van der Waals surface area contributed by atoms with Gasteiger partial charge in [0.15, 0.2) is 0 Å². The smallest absolute Gasteiger partial charge is 0.246 e. The van der Waals surface area contributed by atoms with Crippen LogP contribution in [-0.4, -0.2) is 30.4 Å². The number of sulfone groups is 1. The fourth-order valence-corrected chi connectivity index (χ4v) is 5.77. The zero-order chi connectivity index (χ0) is 22.0. The summed E-state index contributed by atoms with van der Waals surface area (Å²) in [6.45, 7) is -0.215. The summed E-state index contributed by atoms with van der Waals surface area (Å²) >= 11 is 1.16. The van der Waals surface area contributed by atoms with Gasteiger partial charge in [0.25, 0.3) is 0 Å². The zero-order valence-electron chi connectivity index (χ0n) is 16.6. The summed E-state index contributed by atoms with van der Waals surface area (Å²) in [5.41, 5.74) is 6.83. The Morgan fingerprint density at radius 2 is 1.71 bits per heavy atom. The number of hydrogen-bond acceptors (Lipinski definition) is 6. The molecule has 4 aromatic rings. The van der Waals surface area contributed by atoms with Gasteiger partial charge in [0.1, 0.15) is 22.3 Å². The SMILES string of the molecule is CSc1nn(CC(=O)Nc2cccc3ccccc23)c(N)c1S(=O)(=O)c1ccccc1. The number of nitrogen functional groups attached to an aromatic ring is 1. The van der Waals surface area contributed by atoms with Gasteiger partial charge >= 0.3 is 0 Å². The number of thioether (sulfide) groups is 1. The molecule has 0 spiro atoms. The van der Waals surface area contributed by atoms with Crippen LogP contribution in [0.15, 0.2) is 87.6 Å². The van der Waals surface area contributed by atoms with Gasteiger partial charge in [-0.15, -0.1) is 11.8 Å². The largest absolute Gasteiger partial charge is 0.383 e. The number of rotatable bonds is 6. The Morgan fingerprint density at radius 1 is 1.03 bits per heavy atom. The van der Waals surface area contributed by atoms with Gasteiger partial charge in [-0.2, -0.15) is 5.10 Å². The van der Waals surface area contributed by atoms with Crippen molar-refractivity contribution < 1.29 is 13.2 Å². The maximum absolute atomic E-state index is 13.1. The van der Waals surface area contributed by atoms with Gasteiger partial charge < -0.3 is 11.1 Å². The maximum Gasteiger partial charge on any atom is 0.246 e.